The van der Waals surface area contributed by atoms with Crippen molar-refractivity contribution in [3.05, 3.63) is 35.3 Å². The molecule has 2 heterocycles. The Hall–Kier alpha value is -2.37. The number of halogens is 1. The minimum atomic E-state index is -0.322. The van der Waals surface area contributed by atoms with Crippen LogP contribution in [0.4, 0.5) is 4.39 Å². The summed E-state index contributed by atoms with van der Waals surface area (Å²) >= 11 is 0. The molecule has 1 aliphatic carbocycles. The van der Waals surface area contributed by atoms with E-state index in [0.717, 1.165) is 30.2 Å². The average molecular weight is 329 g/mol. The number of nitrogens with one attached hydrogen (secondary N) is 3. The minimum Gasteiger partial charge on any atom is -0.354 e. The van der Waals surface area contributed by atoms with Crippen molar-refractivity contribution in [2.24, 2.45) is 5.41 Å². The van der Waals surface area contributed by atoms with E-state index < -0.39 is 0 Å². The van der Waals surface area contributed by atoms with E-state index in [2.05, 4.69) is 15.6 Å². The molecule has 5 nitrogen and oxygen atoms in total. The quantitative estimate of drug-likeness (QED) is 0.791. The number of hydrogen-bond donors (Lipinski definition) is 3. The maximum Gasteiger partial charge on any atom is 0.268 e. The van der Waals surface area contributed by atoms with Gasteiger partial charge in [0.15, 0.2) is 0 Å². The maximum atomic E-state index is 13.5. The first kappa shape index (κ1) is 15.2. The molecule has 1 saturated heterocycles. The molecule has 1 unspecified atom stereocenters. The second-order valence-electron chi connectivity index (χ2n) is 7.09. The highest BCUT2D eigenvalue weighted by atomic mass is 19.1. The molecule has 1 atom stereocenters. The third-order valence-corrected chi connectivity index (χ3v) is 5.56. The Morgan fingerprint density at radius 1 is 1.33 bits per heavy atom. The van der Waals surface area contributed by atoms with E-state index in [4.69, 9.17) is 0 Å². The van der Waals surface area contributed by atoms with Crippen LogP contribution in [0.2, 0.25) is 0 Å². The Kier molecular flexibility index (Phi) is 3.37. The molecule has 2 amide bonds. The Labute approximate surface area is 139 Å². The van der Waals surface area contributed by atoms with Crippen LogP contribution in [-0.2, 0) is 4.79 Å². The lowest BCUT2D eigenvalue weighted by atomic mass is 9.60. The van der Waals surface area contributed by atoms with Crippen molar-refractivity contribution in [3.8, 4) is 0 Å². The van der Waals surface area contributed by atoms with Crippen molar-refractivity contribution in [1.29, 1.82) is 0 Å². The Balaban J connectivity index is 1.58. The largest absolute Gasteiger partial charge is 0.354 e. The zero-order valence-corrected chi connectivity index (χ0v) is 13.5. The van der Waals surface area contributed by atoms with E-state index >= 15 is 0 Å². The van der Waals surface area contributed by atoms with Crippen molar-refractivity contribution in [3.63, 3.8) is 0 Å². The van der Waals surface area contributed by atoms with Gasteiger partial charge in [0.25, 0.3) is 5.91 Å². The summed E-state index contributed by atoms with van der Waals surface area (Å²) in [6.07, 6.45) is 3.53. The van der Waals surface area contributed by atoms with Crippen molar-refractivity contribution in [2.75, 3.05) is 6.54 Å². The normalized spacial score (nSPS) is 22.2. The van der Waals surface area contributed by atoms with Gasteiger partial charge >= 0.3 is 0 Å². The lowest BCUT2D eigenvalue weighted by Crippen LogP contribution is -2.61. The molecule has 1 saturated carbocycles. The van der Waals surface area contributed by atoms with Crippen LogP contribution in [-0.4, -0.2) is 29.4 Å². The SMILES string of the molecule is Cc1cc(F)cc2[nH]c(C(=O)NC3CNC(=O)CC34CCC4)cc12. The predicted molar refractivity (Wildman–Crippen MR) is 88.2 cm³/mol. The molecule has 1 spiro atoms. The standard InChI is InChI=1S/C18H20FN3O2/c1-10-5-11(19)6-13-12(10)7-14(21-13)17(24)22-15-9-20-16(23)8-18(15)3-2-4-18/h5-7,15,21H,2-4,8-9H2,1H3,(H,20,23)(H,22,24). The number of amides is 2. The van der Waals surface area contributed by atoms with E-state index in [1.807, 2.05) is 6.92 Å². The van der Waals surface area contributed by atoms with Crippen LogP contribution < -0.4 is 10.6 Å². The first-order valence-corrected chi connectivity index (χ1v) is 8.33. The number of rotatable bonds is 2. The van der Waals surface area contributed by atoms with Crippen LogP contribution in [0.15, 0.2) is 18.2 Å². The first-order chi connectivity index (χ1) is 11.5. The molecule has 2 aromatic rings. The molecule has 1 aromatic carbocycles. The molecule has 1 aromatic heterocycles. The topological polar surface area (TPSA) is 74.0 Å². The van der Waals surface area contributed by atoms with Gasteiger partial charge in [0.1, 0.15) is 11.5 Å². The molecule has 2 fully saturated rings. The fraction of sp³-hybridized carbons (Fsp3) is 0.444. The molecular weight excluding hydrogens is 309 g/mol. The minimum absolute atomic E-state index is 0.0549. The van der Waals surface area contributed by atoms with Crippen LogP contribution in [0, 0.1) is 18.2 Å². The van der Waals surface area contributed by atoms with Crippen molar-refractivity contribution in [2.45, 2.75) is 38.6 Å². The Morgan fingerprint density at radius 2 is 2.12 bits per heavy atom. The van der Waals surface area contributed by atoms with Gasteiger partial charge in [0.2, 0.25) is 5.91 Å². The highest BCUT2D eigenvalue weighted by molar-refractivity contribution is 5.99. The summed E-state index contributed by atoms with van der Waals surface area (Å²) in [7, 11) is 0. The van der Waals surface area contributed by atoms with Gasteiger partial charge in [-0.2, -0.15) is 0 Å². The lowest BCUT2D eigenvalue weighted by molar-refractivity contribution is -0.129. The average Bonchev–Trinajstić information content (AvgIpc) is 2.91. The van der Waals surface area contributed by atoms with E-state index in [1.54, 1.807) is 6.07 Å². The predicted octanol–water partition coefficient (Wildman–Crippen LogP) is 2.40. The number of carbonyl (C=O) groups excluding carboxylic acids is 2. The van der Waals surface area contributed by atoms with Crippen molar-refractivity contribution < 1.29 is 14.0 Å². The number of H-pyrrole nitrogens is 1. The van der Waals surface area contributed by atoms with Crippen LogP contribution in [0.3, 0.4) is 0 Å². The number of carbonyl (C=O) groups is 2. The summed E-state index contributed by atoms with van der Waals surface area (Å²) in [5.74, 6) is -0.465. The third kappa shape index (κ3) is 2.37. The lowest BCUT2D eigenvalue weighted by Gasteiger charge is -2.50. The number of aromatic nitrogens is 1. The Morgan fingerprint density at radius 3 is 2.83 bits per heavy atom. The fourth-order valence-corrected chi connectivity index (χ4v) is 4.03. The van der Waals surface area contributed by atoms with E-state index in [1.165, 1.54) is 12.1 Å². The molecule has 2 aliphatic rings. The number of aryl methyl sites for hydroxylation is 1. The van der Waals surface area contributed by atoms with Crippen LogP contribution >= 0.6 is 0 Å². The molecule has 24 heavy (non-hydrogen) atoms. The summed E-state index contributed by atoms with van der Waals surface area (Å²) < 4.78 is 13.5. The number of benzene rings is 1. The van der Waals surface area contributed by atoms with Gasteiger partial charge in [-0.25, -0.2) is 4.39 Å². The van der Waals surface area contributed by atoms with Gasteiger partial charge in [0, 0.05) is 29.3 Å². The van der Waals surface area contributed by atoms with Crippen LogP contribution in [0.25, 0.3) is 10.9 Å². The Bertz CT molecular complexity index is 838. The smallest absolute Gasteiger partial charge is 0.268 e. The van der Waals surface area contributed by atoms with E-state index in [-0.39, 0.29) is 29.1 Å². The fourth-order valence-electron chi connectivity index (χ4n) is 4.03. The summed E-state index contributed by atoms with van der Waals surface area (Å²) in [6, 6.07) is 4.56. The van der Waals surface area contributed by atoms with Gasteiger partial charge in [-0.1, -0.05) is 6.42 Å². The molecule has 4 rings (SSSR count). The highest BCUT2D eigenvalue weighted by Gasteiger charge is 2.48. The van der Waals surface area contributed by atoms with Crippen LogP contribution in [0.5, 0.6) is 0 Å². The molecular formula is C18H20FN3O2. The summed E-state index contributed by atoms with van der Waals surface area (Å²) in [5, 5.41) is 6.75. The van der Waals surface area contributed by atoms with Crippen molar-refractivity contribution in [1.82, 2.24) is 15.6 Å². The third-order valence-electron chi connectivity index (χ3n) is 5.56. The first-order valence-electron chi connectivity index (χ1n) is 8.33. The van der Waals surface area contributed by atoms with E-state index in [0.29, 0.717) is 24.2 Å². The monoisotopic (exact) mass is 329 g/mol. The number of piperidine rings is 1. The zero-order valence-electron chi connectivity index (χ0n) is 13.5. The summed E-state index contributed by atoms with van der Waals surface area (Å²) in [5.41, 5.74) is 1.74. The molecule has 6 heteroatoms. The van der Waals surface area contributed by atoms with Crippen LogP contribution in [0.1, 0.15) is 41.7 Å². The van der Waals surface area contributed by atoms with Gasteiger partial charge in [0.05, 0.1) is 6.04 Å². The number of hydrogen-bond acceptors (Lipinski definition) is 2. The second-order valence-corrected chi connectivity index (χ2v) is 7.09. The van der Waals surface area contributed by atoms with Gasteiger partial charge in [-0.3, -0.25) is 9.59 Å². The molecule has 126 valence electrons. The second kappa shape index (κ2) is 5.33. The number of fused-ring (bicyclic) bond motifs is 1. The molecule has 3 N–H and O–H groups in total. The molecule has 0 radical (unpaired) electrons. The zero-order chi connectivity index (χ0) is 16.9. The summed E-state index contributed by atoms with van der Waals surface area (Å²) in [4.78, 5) is 27.3. The van der Waals surface area contributed by atoms with Gasteiger partial charge in [-0.15, -0.1) is 0 Å². The van der Waals surface area contributed by atoms with Crippen molar-refractivity contribution >= 4 is 22.7 Å². The highest BCUT2D eigenvalue weighted by Crippen LogP contribution is 2.48. The van der Waals surface area contributed by atoms with Gasteiger partial charge < -0.3 is 15.6 Å². The maximum absolute atomic E-state index is 13.5. The van der Waals surface area contributed by atoms with E-state index in [9.17, 15) is 14.0 Å². The number of aromatic amines is 1. The molecule has 1 aliphatic heterocycles. The molecule has 0 bridgehead atoms. The summed E-state index contributed by atoms with van der Waals surface area (Å²) in [6.45, 7) is 2.29. The van der Waals surface area contributed by atoms with Gasteiger partial charge in [-0.05, 0) is 43.5 Å².